The van der Waals surface area contributed by atoms with Crippen LogP contribution in [0.3, 0.4) is 0 Å². The molecule has 0 spiro atoms. The van der Waals surface area contributed by atoms with Crippen molar-refractivity contribution < 1.29 is 9.47 Å². The van der Waals surface area contributed by atoms with Crippen molar-refractivity contribution in [3.63, 3.8) is 0 Å². The molecule has 1 N–H and O–H groups in total. The molecule has 0 bridgehead atoms. The molecular weight excluding hydrogens is 531 g/mol. The van der Waals surface area contributed by atoms with Gasteiger partial charge in [-0.2, -0.15) is 0 Å². The molecule has 1 aliphatic rings. The lowest BCUT2D eigenvalue weighted by Gasteiger charge is -2.36. The summed E-state index contributed by atoms with van der Waals surface area (Å²) in [5.41, 5.74) is 1.15. The first-order chi connectivity index (χ1) is 15.5. The lowest BCUT2D eigenvalue weighted by atomic mass is 10.1. The first kappa shape index (κ1) is 27.2. The second kappa shape index (κ2) is 13.6. The average Bonchev–Trinajstić information content (AvgIpc) is 3.23. The number of hydrogen-bond acceptors (Lipinski definition) is 5. The van der Waals surface area contributed by atoms with E-state index < -0.39 is 0 Å². The minimum Gasteiger partial charge on any atom is -0.497 e. The van der Waals surface area contributed by atoms with Crippen molar-refractivity contribution in [3.8, 4) is 11.5 Å². The Morgan fingerprint density at radius 2 is 1.91 bits per heavy atom. The highest BCUT2D eigenvalue weighted by atomic mass is 127. The lowest BCUT2D eigenvalue weighted by molar-refractivity contribution is 0.171. The molecule has 3 rings (SSSR count). The van der Waals surface area contributed by atoms with Crippen LogP contribution in [0, 0.1) is 5.92 Å². The number of imidazole rings is 1. The molecule has 2 aromatic rings. The molecule has 0 saturated carbocycles. The number of aromatic nitrogens is 2. The summed E-state index contributed by atoms with van der Waals surface area (Å²) < 4.78 is 13.1. The van der Waals surface area contributed by atoms with Gasteiger partial charge in [0.2, 0.25) is 0 Å². The summed E-state index contributed by atoms with van der Waals surface area (Å²) in [6, 6.07) is 5.98. The Kier molecular flexibility index (Phi) is 11.3. The highest BCUT2D eigenvalue weighted by Crippen LogP contribution is 2.25. The van der Waals surface area contributed by atoms with Crippen molar-refractivity contribution in [1.29, 1.82) is 0 Å². The van der Waals surface area contributed by atoms with Crippen LogP contribution in [0.25, 0.3) is 0 Å². The summed E-state index contributed by atoms with van der Waals surface area (Å²) >= 11 is 0. The zero-order valence-electron chi connectivity index (χ0n) is 20.6. The third-order valence-corrected chi connectivity index (χ3v) is 5.62. The molecule has 184 valence electrons. The predicted octanol–water partition coefficient (Wildman–Crippen LogP) is 3.46. The highest BCUT2D eigenvalue weighted by Gasteiger charge is 2.21. The number of methoxy groups -OCH3 is 2. The number of piperazine rings is 1. The topological polar surface area (TPSA) is 67.2 Å². The van der Waals surface area contributed by atoms with Gasteiger partial charge in [0.25, 0.3) is 0 Å². The summed E-state index contributed by atoms with van der Waals surface area (Å²) in [5, 5.41) is 3.46. The van der Waals surface area contributed by atoms with E-state index in [0.717, 1.165) is 74.7 Å². The third kappa shape index (κ3) is 7.77. The van der Waals surface area contributed by atoms with E-state index in [2.05, 4.69) is 51.5 Å². The van der Waals surface area contributed by atoms with Crippen LogP contribution in [0.2, 0.25) is 0 Å². The molecule has 1 saturated heterocycles. The lowest BCUT2D eigenvalue weighted by Crippen LogP contribution is -2.52. The molecule has 33 heavy (non-hydrogen) atoms. The molecule has 1 aromatic carbocycles. The minimum atomic E-state index is 0. The zero-order chi connectivity index (χ0) is 22.9. The summed E-state index contributed by atoms with van der Waals surface area (Å²) in [6.07, 6.45) is 3.91. The highest BCUT2D eigenvalue weighted by molar-refractivity contribution is 14.0. The van der Waals surface area contributed by atoms with E-state index in [0.29, 0.717) is 12.5 Å². The third-order valence-electron chi connectivity index (χ3n) is 5.62. The van der Waals surface area contributed by atoms with E-state index in [-0.39, 0.29) is 24.0 Å². The SMILES string of the molecule is CCNC(=NCc1nccn1CC(C)C)N1CCN(Cc2cc(OC)ccc2OC)CC1.I. The smallest absolute Gasteiger partial charge is 0.194 e. The first-order valence-electron chi connectivity index (χ1n) is 11.5. The number of aliphatic imine (C=N–C) groups is 1. The van der Waals surface area contributed by atoms with Crippen molar-refractivity contribution in [1.82, 2.24) is 24.7 Å². The van der Waals surface area contributed by atoms with Crippen LogP contribution in [-0.2, 0) is 19.6 Å². The molecule has 8 nitrogen and oxygen atoms in total. The van der Waals surface area contributed by atoms with Gasteiger partial charge < -0.3 is 24.3 Å². The fourth-order valence-corrected chi connectivity index (χ4v) is 3.99. The summed E-state index contributed by atoms with van der Waals surface area (Å²) in [6.45, 7) is 13.6. The number of benzene rings is 1. The van der Waals surface area contributed by atoms with Crippen LogP contribution in [0.15, 0.2) is 35.6 Å². The number of guanidine groups is 1. The molecule has 0 atom stereocenters. The molecule has 0 amide bonds. The van der Waals surface area contributed by atoms with Crippen LogP contribution in [0.5, 0.6) is 11.5 Å². The van der Waals surface area contributed by atoms with Crippen LogP contribution in [0.1, 0.15) is 32.2 Å². The predicted molar refractivity (Wildman–Crippen MR) is 144 cm³/mol. The van der Waals surface area contributed by atoms with Gasteiger partial charge in [-0.25, -0.2) is 9.98 Å². The number of nitrogens with zero attached hydrogens (tertiary/aromatic N) is 5. The van der Waals surface area contributed by atoms with Gasteiger partial charge in [0.05, 0.1) is 14.2 Å². The van der Waals surface area contributed by atoms with Gasteiger partial charge in [-0.05, 0) is 31.0 Å². The van der Waals surface area contributed by atoms with Crippen LogP contribution in [-0.4, -0.2) is 72.3 Å². The van der Waals surface area contributed by atoms with Crippen molar-refractivity contribution in [2.45, 2.75) is 40.4 Å². The number of rotatable bonds is 9. The Balaban J connectivity index is 0.00000385. The Morgan fingerprint density at radius 1 is 1.15 bits per heavy atom. The Hall–Kier alpha value is -2.01. The minimum absolute atomic E-state index is 0. The van der Waals surface area contributed by atoms with E-state index in [1.807, 2.05) is 24.5 Å². The van der Waals surface area contributed by atoms with E-state index in [4.69, 9.17) is 14.5 Å². The number of ether oxygens (including phenoxy) is 2. The molecule has 1 fully saturated rings. The molecule has 9 heteroatoms. The fourth-order valence-electron chi connectivity index (χ4n) is 3.99. The Bertz CT molecular complexity index is 878. The molecule has 1 aromatic heterocycles. The van der Waals surface area contributed by atoms with Gasteiger partial charge in [-0.3, -0.25) is 4.90 Å². The maximum Gasteiger partial charge on any atom is 0.194 e. The van der Waals surface area contributed by atoms with Gasteiger partial charge in [-0.15, -0.1) is 24.0 Å². The largest absolute Gasteiger partial charge is 0.497 e. The Morgan fingerprint density at radius 3 is 2.55 bits per heavy atom. The van der Waals surface area contributed by atoms with E-state index in [1.165, 1.54) is 0 Å². The van der Waals surface area contributed by atoms with Gasteiger partial charge in [-0.1, -0.05) is 13.8 Å². The first-order valence-corrected chi connectivity index (χ1v) is 11.5. The fraction of sp³-hybridized carbons (Fsp3) is 0.583. The molecule has 2 heterocycles. The molecule has 0 aliphatic carbocycles. The van der Waals surface area contributed by atoms with Gasteiger partial charge >= 0.3 is 0 Å². The second-order valence-electron chi connectivity index (χ2n) is 8.50. The Labute approximate surface area is 215 Å². The summed E-state index contributed by atoms with van der Waals surface area (Å²) in [5.74, 6) is 4.32. The average molecular weight is 571 g/mol. The van der Waals surface area contributed by atoms with Gasteiger partial charge in [0, 0.05) is 63.8 Å². The van der Waals surface area contributed by atoms with Crippen LogP contribution < -0.4 is 14.8 Å². The van der Waals surface area contributed by atoms with Crippen molar-refractivity contribution in [2.75, 3.05) is 46.9 Å². The van der Waals surface area contributed by atoms with Gasteiger partial charge in [0.15, 0.2) is 5.96 Å². The number of hydrogen-bond donors (Lipinski definition) is 1. The molecule has 0 radical (unpaired) electrons. The normalized spacial score (nSPS) is 14.8. The molecular formula is C24H39IN6O2. The van der Waals surface area contributed by atoms with Crippen molar-refractivity contribution in [2.24, 2.45) is 10.9 Å². The summed E-state index contributed by atoms with van der Waals surface area (Å²) in [7, 11) is 3.41. The summed E-state index contributed by atoms with van der Waals surface area (Å²) in [4.78, 5) is 14.2. The maximum absolute atomic E-state index is 5.55. The second-order valence-corrected chi connectivity index (χ2v) is 8.50. The molecule has 1 aliphatic heterocycles. The maximum atomic E-state index is 5.55. The van der Waals surface area contributed by atoms with Crippen LogP contribution in [0.4, 0.5) is 0 Å². The zero-order valence-corrected chi connectivity index (χ0v) is 22.9. The quantitative estimate of drug-likeness (QED) is 0.283. The van der Waals surface area contributed by atoms with Gasteiger partial charge in [0.1, 0.15) is 23.9 Å². The monoisotopic (exact) mass is 570 g/mol. The van der Waals surface area contributed by atoms with E-state index in [1.54, 1.807) is 14.2 Å². The number of halogens is 1. The van der Waals surface area contributed by atoms with Crippen molar-refractivity contribution in [3.05, 3.63) is 42.0 Å². The number of nitrogens with one attached hydrogen (secondary N) is 1. The standard InChI is InChI=1S/C24H38N6O2.HI/c1-6-25-24(27-16-23-26-9-10-30(23)17-19(2)3)29-13-11-28(12-14-29)18-20-15-21(31-4)7-8-22(20)32-5;/h7-10,15,19H,6,11-14,16-18H2,1-5H3,(H,25,27);1H. The molecule has 0 unspecified atom stereocenters. The van der Waals surface area contributed by atoms with Crippen LogP contribution >= 0.6 is 24.0 Å². The van der Waals surface area contributed by atoms with E-state index >= 15 is 0 Å². The van der Waals surface area contributed by atoms with E-state index in [9.17, 15) is 0 Å². The van der Waals surface area contributed by atoms with Crippen molar-refractivity contribution >= 4 is 29.9 Å².